The Morgan fingerprint density at radius 3 is 2.47 bits per heavy atom. The summed E-state index contributed by atoms with van der Waals surface area (Å²) in [5.41, 5.74) is 1.93. The van der Waals surface area contributed by atoms with E-state index in [1.165, 1.54) is 12.1 Å². The maximum atomic E-state index is 12.4. The Hall–Kier alpha value is -1.88. The van der Waals surface area contributed by atoms with E-state index in [4.69, 9.17) is 0 Å². The van der Waals surface area contributed by atoms with Crippen LogP contribution in [0.2, 0.25) is 0 Å². The number of nitrogens with one attached hydrogen (secondary N) is 1. The first kappa shape index (κ1) is 13.5. The van der Waals surface area contributed by atoms with Crippen molar-refractivity contribution in [3.8, 4) is 0 Å². The summed E-state index contributed by atoms with van der Waals surface area (Å²) in [4.78, 5) is 8.29. The van der Waals surface area contributed by atoms with E-state index >= 15 is 0 Å². The van der Waals surface area contributed by atoms with Crippen LogP contribution in [0.1, 0.15) is 29.1 Å². The van der Waals surface area contributed by atoms with Crippen LogP contribution < -0.4 is 5.32 Å². The summed E-state index contributed by atoms with van der Waals surface area (Å²) in [6.45, 7) is 3.08. The zero-order chi connectivity index (χ0) is 13.7. The minimum atomic E-state index is -2.41. The van der Waals surface area contributed by atoms with Crippen molar-refractivity contribution < 1.29 is 8.78 Å². The van der Waals surface area contributed by atoms with Crippen LogP contribution in [0, 0.1) is 6.92 Å². The van der Waals surface area contributed by atoms with Crippen LogP contribution >= 0.6 is 0 Å². The molecule has 0 fully saturated rings. The van der Waals surface area contributed by atoms with E-state index in [2.05, 4.69) is 15.3 Å². The highest BCUT2D eigenvalue weighted by atomic mass is 19.3. The second-order valence-electron chi connectivity index (χ2n) is 4.24. The van der Waals surface area contributed by atoms with Crippen molar-refractivity contribution in [2.45, 2.75) is 26.4 Å². The van der Waals surface area contributed by atoms with Crippen molar-refractivity contribution in [3.05, 3.63) is 59.2 Å². The minimum absolute atomic E-state index is 0.0511. The third-order valence-corrected chi connectivity index (χ3v) is 2.70. The highest BCUT2D eigenvalue weighted by Gasteiger charge is 2.05. The number of hydrogen-bond acceptors (Lipinski definition) is 3. The van der Waals surface area contributed by atoms with E-state index in [-0.39, 0.29) is 5.56 Å². The first-order valence-electron chi connectivity index (χ1n) is 6.01. The van der Waals surface area contributed by atoms with Crippen LogP contribution in [0.25, 0.3) is 0 Å². The van der Waals surface area contributed by atoms with Crippen LogP contribution in [0.5, 0.6) is 0 Å². The predicted octanol–water partition coefficient (Wildman–Crippen LogP) is 3.01. The third-order valence-electron chi connectivity index (χ3n) is 2.70. The van der Waals surface area contributed by atoms with Crippen molar-refractivity contribution in [1.82, 2.24) is 15.3 Å². The van der Waals surface area contributed by atoms with Crippen LogP contribution in [0.4, 0.5) is 8.78 Å². The van der Waals surface area contributed by atoms with Crippen LogP contribution in [0.3, 0.4) is 0 Å². The number of aromatic nitrogens is 2. The molecule has 3 nitrogen and oxygen atoms in total. The summed E-state index contributed by atoms with van der Waals surface area (Å²) in [7, 11) is 0. The number of hydrogen-bond donors (Lipinski definition) is 1. The lowest BCUT2D eigenvalue weighted by Crippen LogP contribution is -2.14. The molecular weight excluding hydrogens is 248 g/mol. The van der Waals surface area contributed by atoms with E-state index in [0.717, 1.165) is 17.1 Å². The average molecular weight is 263 g/mol. The van der Waals surface area contributed by atoms with Crippen LogP contribution in [0.15, 0.2) is 36.5 Å². The quantitative estimate of drug-likeness (QED) is 0.901. The Kier molecular flexibility index (Phi) is 4.52. The fraction of sp³-hybridized carbons (Fsp3) is 0.286. The molecule has 0 bridgehead atoms. The molecule has 2 rings (SSSR count). The van der Waals surface area contributed by atoms with Gasteiger partial charge in [-0.25, -0.2) is 18.7 Å². The fourth-order valence-electron chi connectivity index (χ4n) is 1.72. The van der Waals surface area contributed by atoms with Crippen molar-refractivity contribution in [3.63, 3.8) is 0 Å². The normalized spacial score (nSPS) is 10.9. The molecule has 100 valence electrons. The van der Waals surface area contributed by atoms with Gasteiger partial charge >= 0.3 is 0 Å². The van der Waals surface area contributed by atoms with E-state index in [1.807, 2.05) is 13.0 Å². The van der Waals surface area contributed by atoms with E-state index < -0.39 is 6.43 Å². The molecule has 0 unspecified atom stereocenters. The maximum absolute atomic E-state index is 12.4. The first-order chi connectivity index (χ1) is 9.15. The molecular formula is C14H15F2N3. The van der Waals surface area contributed by atoms with Crippen molar-refractivity contribution in [2.75, 3.05) is 0 Å². The molecule has 0 spiro atoms. The molecule has 1 aromatic carbocycles. The van der Waals surface area contributed by atoms with Gasteiger partial charge in [-0.05, 0) is 18.6 Å². The molecule has 19 heavy (non-hydrogen) atoms. The Balaban J connectivity index is 1.85. The summed E-state index contributed by atoms with van der Waals surface area (Å²) < 4.78 is 24.8. The van der Waals surface area contributed by atoms with E-state index in [1.54, 1.807) is 18.3 Å². The van der Waals surface area contributed by atoms with Gasteiger partial charge in [0.15, 0.2) is 0 Å². The number of halogens is 2. The van der Waals surface area contributed by atoms with Crippen molar-refractivity contribution in [2.24, 2.45) is 0 Å². The number of aryl methyl sites for hydroxylation is 1. The van der Waals surface area contributed by atoms with Gasteiger partial charge in [0.25, 0.3) is 6.43 Å². The smallest absolute Gasteiger partial charge is 0.263 e. The number of alkyl halides is 2. The Bertz CT molecular complexity index is 526. The summed E-state index contributed by atoms with van der Waals surface area (Å²) >= 11 is 0. The second kappa shape index (κ2) is 6.33. The van der Waals surface area contributed by atoms with Gasteiger partial charge in [-0.15, -0.1) is 0 Å². The third kappa shape index (κ3) is 4.06. The van der Waals surface area contributed by atoms with E-state index in [0.29, 0.717) is 13.1 Å². The first-order valence-corrected chi connectivity index (χ1v) is 6.01. The molecule has 5 heteroatoms. The SMILES string of the molecule is Cc1nccc(CNCc2ccc(C(F)F)cc2)n1. The van der Waals surface area contributed by atoms with Crippen LogP contribution in [-0.2, 0) is 13.1 Å². The Morgan fingerprint density at radius 1 is 1.11 bits per heavy atom. The molecule has 0 radical (unpaired) electrons. The lowest BCUT2D eigenvalue weighted by Gasteiger charge is -2.06. The molecule has 0 aliphatic heterocycles. The minimum Gasteiger partial charge on any atom is -0.307 e. The monoisotopic (exact) mass is 263 g/mol. The van der Waals surface area contributed by atoms with Gasteiger partial charge in [-0.1, -0.05) is 24.3 Å². The lowest BCUT2D eigenvalue weighted by atomic mass is 10.1. The second-order valence-corrected chi connectivity index (χ2v) is 4.24. The fourth-order valence-corrected chi connectivity index (χ4v) is 1.72. The molecule has 0 atom stereocenters. The van der Waals surface area contributed by atoms with Gasteiger partial charge in [-0.3, -0.25) is 0 Å². The lowest BCUT2D eigenvalue weighted by molar-refractivity contribution is 0.151. The summed E-state index contributed by atoms with van der Waals surface area (Å²) in [5.74, 6) is 0.737. The standard InChI is InChI=1S/C14H15F2N3/c1-10-18-7-6-13(19-10)9-17-8-11-2-4-12(5-3-11)14(15)16/h2-7,14,17H,8-9H2,1H3. The van der Waals surface area contributed by atoms with Gasteiger partial charge in [0, 0.05) is 24.8 Å². The summed E-state index contributed by atoms with van der Waals surface area (Å²) in [6, 6.07) is 8.17. The largest absolute Gasteiger partial charge is 0.307 e. The maximum Gasteiger partial charge on any atom is 0.263 e. The molecule has 2 aromatic rings. The number of nitrogens with zero attached hydrogens (tertiary/aromatic N) is 2. The number of rotatable bonds is 5. The highest BCUT2D eigenvalue weighted by molar-refractivity contribution is 5.23. The Labute approximate surface area is 110 Å². The predicted molar refractivity (Wildman–Crippen MR) is 68.7 cm³/mol. The van der Waals surface area contributed by atoms with Gasteiger partial charge in [-0.2, -0.15) is 0 Å². The highest BCUT2D eigenvalue weighted by Crippen LogP contribution is 2.18. The zero-order valence-corrected chi connectivity index (χ0v) is 10.6. The van der Waals surface area contributed by atoms with Gasteiger partial charge in [0.05, 0.1) is 5.69 Å². The van der Waals surface area contributed by atoms with Crippen molar-refractivity contribution in [1.29, 1.82) is 0 Å². The number of benzene rings is 1. The topological polar surface area (TPSA) is 37.8 Å². The zero-order valence-electron chi connectivity index (χ0n) is 10.6. The summed E-state index contributed by atoms with van der Waals surface area (Å²) in [5, 5.41) is 3.22. The molecule has 0 amide bonds. The molecule has 1 N–H and O–H groups in total. The Morgan fingerprint density at radius 2 is 1.84 bits per heavy atom. The average Bonchev–Trinajstić information content (AvgIpc) is 2.39. The molecule has 0 saturated carbocycles. The van der Waals surface area contributed by atoms with E-state index in [9.17, 15) is 8.78 Å². The molecule has 0 saturated heterocycles. The van der Waals surface area contributed by atoms with Gasteiger partial charge in [0.1, 0.15) is 5.82 Å². The molecule has 0 aliphatic rings. The molecule has 1 aromatic heterocycles. The van der Waals surface area contributed by atoms with Gasteiger partial charge in [0.2, 0.25) is 0 Å². The van der Waals surface area contributed by atoms with Gasteiger partial charge < -0.3 is 5.32 Å². The van der Waals surface area contributed by atoms with Crippen molar-refractivity contribution >= 4 is 0 Å². The summed E-state index contributed by atoms with van der Waals surface area (Å²) in [6.07, 6.45) is -0.692. The van der Waals surface area contributed by atoms with Crippen LogP contribution in [-0.4, -0.2) is 9.97 Å². The molecule has 0 aliphatic carbocycles. The molecule has 1 heterocycles.